The van der Waals surface area contributed by atoms with Crippen LogP contribution in [0.5, 0.6) is 0 Å². The number of benzene rings is 1. The average Bonchev–Trinajstić information content (AvgIpc) is 3.15. The van der Waals surface area contributed by atoms with Crippen molar-refractivity contribution in [2.45, 2.75) is 49.3 Å². The van der Waals surface area contributed by atoms with Crippen LogP contribution in [0.25, 0.3) is 0 Å². The van der Waals surface area contributed by atoms with E-state index < -0.39 is 10.0 Å². The summed E-state index contributed by atoms with van der Waals surface area (Å²) in [6.07, 6.45) is 3.68. The summed E-state index contributed by atoms with van der Waals surface area (Å²) in [4.78, 5) is 12.4. The molecule has 0 radical (unpaired) electrons. The third kappa shape index (κ3) is 6.28. The first-order valence-corrected chi connectivity index (χ1v) is 12.6. The zero-order valence-electron chi connectivity index (χ0n) is 16.5. The molecule has 1 fully saturated rings. The molecule has 0 spiro atoms. The third-order valence-electron chi connectivity index (χ3n) is 5.31. The van der Waals surface area contributed by atoms with Gasteiger partial charge >= 0.3 is 0 Å². The molecular formula is C21H27ClN2O3S2. The highest BCUT2D eigenvalue weighted by atomic mass is 35.5. The van der Waals surface area contributed by atoms with Crippen molar-refractivity contribution in [1.29, 1.82) is 0 Å². The number of nitrogens with one attached hydrogen (secondary N) is 1. The van der Waals surface area contributed by atoms with Crippen molar-refractivity contribution >= 4 is 38.9 Å². The first-order chi connectivity index (χ1) is 13.8. The predicted octanol–water partition coefficient (Wildman–Crippen LogP) is 4.33. The Kier molecular flexibility index (Phi) is 7.73. The van der Waals surface area contributed by atoms with Gasteiger partial charge in [-0.25, -0.2) is 8.42 Å². The minimum atomic E-state index is -3.48. The molecule has 3 rings (SSSR count). The highest BCUT2D eigenvalue weighted by Gasteiger charge is 2.31. The predicted molar refractivity (Wildman–Crippen MR) is 118 cm³/mol. The lowest BCUT2D eigenvalue weighted by molar-refractivity contribution is -0.122. The maximum absolute atomic E-state index is 12.7. The van der Waals surface area contributed by atoms with E-state index in [1.165, 1.54) is 9.87 Å². The van der Waals surface area contributed by atoms with Gasteiger partial charge in [0.15, 0.2) is 0 Å². The maximum atomic E-state index is 12.7. The molecule has 0 unspecified atom stereocenters. The molecule has 0 bridgehead atoms. The molecule has 1 aromatic carbocycles. The Labute approximate surface area is 182 Å². The molecule has 8 heteroatoms. The number of sulfonamides is 1. The van der Waals surface area contributed by atoms with Crippen LogP contribution in [0.15, 0.2) is 46.7 Å². The topological polar surface area (TPSA) is 66.5 Å². The summed E-state index contributed by atoms with van der Waals surface area (Å²) in [7, 11) is -3.48. The van der Waals surface area contributed by atoms with Crippen molar-refractivity contribution in [3.63, 3.8) is 0 Å². The molecule has 2 aromatic rings. The van der Waals surface area contributed by atoms with Crippen LogP contribution in [0, 0.1) is 5.92 Å². The summed E-state index contributed by atoms with van der Waals surface area (Å²) in [5, 5.41) is 3.08. The molecule has 158 valence electrons. The summed E-state index contributed by atoms with van der Waals surface area (Å²) < 4.78 is 27.6. The smallest absolute Gasteiger partial charge is 0.252 e. The fourth-order valence-corrected chi connectivity index (χ4v) is 6.72. The van der Waals surface area contributed by atoms with E-state index in [4.69, 9.17) is 11.6 Å². The molecule has 1 aromatic heterocycles. The van der Waals surface area contributed by atoms with E-state index in [-0.39, 0.29) is 22.1 Å². The van der Waals surface area contributed by atoms with Crippen molar-refractivity contribution in [2.75, 3.05) is 13.1 Å². The Hall–Kier alpha value is -1.41. The number of piperidine rings is 1. The van der Waals surface area contributed by atoms with Crippen molar-refractivity contribution in [1.82, 2.24) is 9.62 Å². The van der Waals surface area contributed by atoms with E-state index >= 15 is 0 Å². The normalized spacial score (nSPS) is 17.2. The van der Waals surface area contributed by atoms with Crippen molar-refractivity contribution < 1.29 is 13.2 Å². The monoisotopic (exact) mass is 454 g/mol. The van der Waals surface area contributed by atoms with E-state index in [0.717, 1.165) is 24.2 Å². The molecule has 0 aliphatic carbocycles. The van der Waals surface area contributed by atoms with Crippen LogP contribution in [0.2, 0.25) is 4.34 Å². The quantitative estimate of drug-likeness (QED) is 0.645. The molecule has 1 aliphatic heterocycles. The number of aryl methyl sites for hydroxylation is 1. The van der Waals surface area contributed by atoms with Crippen LogP contribution in [0.3, 0.4) is 0 Å². The van der Waals surface area contributed by atoms with Crippen LogP contribution in [-0.2, 0) is 21.2 Å². The molecule has 0 saturated carbocycles. The molecule has 1 atom stereocenters. The van der Waals surface area contributed by atoms with Crippen molar-refractivity contribution in [3.8, 4) is 0 Å². The average molecular weight is 455 g/mol. The standard InChI is InChI=1S/C21H27ClN2O3S2/c1-16(7-8-17-5-3-2-4-6-17)23-20(25)15-18-11-13-24(14-12-18)29(26,27)21-10-9-19(22)28-21/h2-6,9-10,16,18H,7-8,11-15H2,1H3,(H,23,25)/t16-/m0/s1. The summed E-state index contributed by atoms with van der Waals surface area (Å²) >= 11 is 6.96. The van der Waals surface area contributed by atoms with Gasteiger partial charge in [0.1, 0.15) is 4.21 Å². The van der Waals surface area contributed by atoms with Gasteiger partial charge in [-0.15, -0.1) is 11.3 Å². The fourth-order valence-electron chi connectivity index (χ4n) is 3.61. The van der Waals surface area contributed by atoms with E-state index in [1.54, 1.807) is 12.1 Å². The van der Waals surface area contributed by atoms with Crippen LogP contribution < -0.4 is 5.32 Å². The Morgan fingerprint density at radius 2 is 1.90 bits per heavy atom. The lowest BCUT2D eigenvalue weighted by Crippen LogP contribution is -2.40. The minimum Gasteiger partial charge on any atom is -0.354 e. The maximum Gasteiger partial charge on any atom is 0.252 e. The molecule has 2 heterocycles. The van der Waals surface area contributed by atoms with Gasteiger partial charge in [0, 0.05) is 25.6 Å². The molecule has 1 amide bonds. The summed E-state index contributed by atoms with van der Waals surface area (Å²) in [5.41, 5.74) is 1.27. The van der Waals surface area contributed by atoms with E-state index in [0.29, 0.717) is 36.7 Å². The van der Waals surface area contributed by atoms with E-state index in [2.05, 4.69) is 17.4 Å². The van der Waals surface area contributed by atoms with E-state index in [9.17, 15) is 13.2 Å². The van der Waals surface area contributed by atoms with Gasteiger partial charge in [-0.2, -0.15) is 4.31 Å². The second-order valence-corrected chi connectivity index (χ2v) is 11.5. The third-order valence-corrected chi connectivity index (χ3v) is 8.90. The van der Waals surface area contributed by atoms with Crippen LogP contribution in [0.4, 0.5) is 0 Å². The van der Waals surface area contributed by atoms with Gasteiger partial charge in [0.05, 0.1) is 4.34 Å². The Morgan fingerprint density at radius 1 is 1.21 bits per heavy atom. The number of halogens is 1. The van der Waals surface area contributed by atoms with Gasteiger partial charge in [0.25, 0.3) is 10.0 Å². The Balaban J connectivity index is 1.41. The largest absolute Gasteiger partial charge is 0.354 e. The molecule has 5 nitrogen and oxygen atoms in total. The first-order valence-electron chi connectivity index (χ1n) is 9.93. The van der Waals surface area contributed by atoms with Crippen LogP contribution in [0.1, 0.15) is 38.2 Å². The van der Waals surface area contributed by atoms with Gasteiger partial charge in [-0.05, 0) is 56.2 Å². The van der Waals surface area contributed by atoms with Gasteiger partial charge < -0.3 is 5.32 Å². The van der Waals surface area contributed by atoms with Crippen molar-refractivity contribution in [3.05, 3.63) is 52.4 Å². The number of hydrogen-bond acceptors (Lipinski definition) is 4. The number of nitrogens with zero attached hydrogens (tertiary/aromatic N) is 1. The lowest BCUT2D eigenvalue weighted by Gasteiger charge is -2.30. The Morgan fingerprint density at radius 3 is 2.52 bits per heavy atom. The zero-order valence-corrected chi connectivity index (χ0v) is 18.9. The molecule has 29 heavy (non-hydrogen) atoms. The van der Waals surface area contributed by atoms with Crippen molar-refractivity contribution in [2.24, 2.45) is 5.92 Å². The van der Waals surface area contributed by atoms with Crippen LogP contribution in [-0.4, -0.2) is 37.8 Å². The van der Waals surface area contributed by atoms with Gasteiger partial charge in [0.2, 0.25) is 5.91 Å². The number of rotatable bonds is 8. The first kappa shape index (κ1) is 22.3. The number of hydrogen-bond donors (Lipinski definition) is 1. The zero-order chi connectivity index (χ0) is 20.9. The number of carbonyl (C=O) groups is 1. The Bertz CT molecular complexity index is 907. The summed E-state index contributed by atoms with van der Waals surface area (Å²) in [6, 6.07) is 13.5. The fraction of sp³-hybridized carbons (Fsp3) is 0.476. The number of thiophene rings is 1. The summed E-state index contributed by atoms with van der Waals surface area (Å²) in [5.74, 6) is 0.270. The summed E-state index contributed by atoms with van der Waals surface area (Å²) in [6.45, 7) is 2.92. The minimum absolute atomic E-state index is 0.0527. The molecule has 1 aliphatic rings. The van der Waals surface area contributed by atoms with Gasteiger partial charge in [-0.3, -0.25) is 4.79 Å². The molecular weight excluding hydrogens is 428 g/mol. The SMILES string of the molecule is C[C@@H](CCc1ccccc1)NC(=O)CC1CCN(S(=O)(=O)c2ccc(Cl)s2)CC1. The molecule has 1 N–H and O–H groups in total. The highest BCUT2D eigenvalue weighted by molar-refractivity contribution is 7.91. The van der Waals surface area contributed by atoms with Crippen LogP contribution >= 0.6 is 22.9 Å². The number of amides is 1. The highest BCUT2D eigenvalue weighted by Crippen LogP contribution is 2.31. The molecule has 1 saturated heterocycles. The van der Waals surface area contributed by atoms with Gasteiger partial charge in [-0.1, -0.05) is 41.9 Å². The lowest BCUT2D eigenvalue weighted by atomic mass is 9.94. The number of carbonyl (C=O) groups excluding carboxylic acids is 1. The van der Waals surface area contributed by atoms with E-state index in [1.807, 2.05) is 25.1 Å². The second-order valence-electron chi connectivity index (χ2n) is 7.60. The second kappa shape index (κ2) is 10.1.